The molecule has 0 amide bonds. The zero-order chi connectivity index (χ0) is 14.3. The summed E-state index contributed by atoms with van der Waals surface area (Å²) >= 11 is 0. The number of hydrogen-bond donors (Lipinski definition) is 0. The van der Waals surface area contributed by atoms with Gasteiger partial charge >= 0.3 is 11.9 Å². The first kappa shape index (κ1) is 16.9. The molecular formula is C14H26O4. The van der Waals surface area contributed by atoms with Gasteiger partial charge in [-0.1, -0.05) is 20.3 Å². The predicted molar refractivity (Wildman–Crippen MR) is 70.0 cm³/mol. The van der Waals surface area contributed by atoms with E-state index < -0.39 is 17.9 Å². The van der Waals surface area contributed by atoms with Crippen molar-refractivity contribution < 1.29 is 19.1 Å². The van der Waals surface area contributed by atoms with E-state index in [9.17, 15) is 9.59 Å². The van der Waals surface area contributed by atoms with Gasteiger partial charge in [-0.2, -0.15) is 0 Å². The van der Waals surface area contributed by atoms with E-state index in [1.54, 1.807) is 27.7 Å². The van der Waals surface area contributed by atoms with Crippen molar-refractivity contribution in [3.05, 3.63) is 0 Å². The quantitative estimate of drug-likeness (QED) is 0.520. The summed E-state index contributed by atoms with van der Waals surface area (Å²) in [5.74, 6) is -1.47. The highest BCUT2D eigenvalue weighted by Crippen LogP contribution is 2.19. The Labute approximate surface area is 110 Å². The number of carbonyl (C=O) groups is 2. The molecule has 4 heteroatoms. The summed E-state index contributed by atoms with van der Waals surface area (Å²) in [5.41, 5.74) is 0. The lowest BCUT2D eigenvalue weighted by atomic mass is 9.94. The Bertz CT molecular complexity index is 249. The number of ether oxygens (including phenoxy) is 2. The van der Waals surface area contributed by atoms with Crippen LogP contribution in [0, 0.1) is 11.8 Å². The SMILES string of the molecule is CCC(C)CC(C(=O)OC(C)C)C(=O)OC(C)C. The van der Waals surface area contributed by atoms with Crippen LogP contribution < -0.4 is 0 Å². The number of carbonyl (C=O) groups excluding carboxylic acids is 2. The zero-order valence-electron chi connectivity index (χ0n) is 12.4. The van der Waals surface area contributed by atoms with Crippen LogP contribution in [0.15, 0.2) is 0 Å². The third-order valence-corrected chi connectivity index (χ3v) is 2.61. The average Bonchev–Trinajstić information content (AvgIpc) is 2.22. The molecule has 18 heavy (non-hydrogen) atoms. The highest BCUT2D eigenvalue weighted by Gasteiger charge is 2.32. The van der Waals surface area contributed by atoms with Crippen molar-refractivity contribution >= 4 is 11.9 Å². The molecule has 0 bridgehead atoms. The third kappa shape index (κ3) is 6.62. The van der Waals surface area contributed by atoms with Crippen molar-refractivity contribution in [3.8, 4) is 0 Å². The lowest BCUT2D eigenvalue weighted by molar-refractivity contribution is -0.167. The summed E-state index contributed by atoms with van der Waals surface area (Å²) in [4.78, 5) is 23.8. The van der Waals surface area contributed by atoms with E-state index in [2.05, 4.69) is 0 Å². The van der Waals surface area contributed by atoms with E-state index in [-0.39, 0.29) is 18.1 Å². The van der Waals surface area contributed by atoms with Crippen LogP contribution in [-0.4, -0.2) is 24.1 Å². The molecule has 0 aliphatic heterocycles. The van der Waals surface area contributed by atoms with Gasteiger partial charge in [-0.3, -0.25) is 9.59 Å². The Morgan fingerprint density at radius 2 is 1.28 bits per heavy atom. The maximum atomic E-state index is 11.9. The van der Waals surface area contributed by atoms with E-state index >= 15 is 0 Å². The Hall–Kier alpha value is -1.06. The molecule has 0 aromatic rings. The van der Waals surface area contributed by atoms with Crippen molar-refractivity contribution in [1.29, 1.82) is 0 Å². The van der Waals surface area contributed by atoms with Gasteiger partial charge in [0.05, 0.1) is 12.2 Å². The third-order valence-electron chi connectivity index (χ3n) is 2.61. The maximum Gasteiger partial charge on any atom is 0.320 e. The second-order valence-electron chi connectivity index (χ2n) is 5.27. The Morgan fingerprint density at radius 1 is 0.889 bits per heavy atom. The fourth-order valence-electron chi connectivity index (χ4n) is 1.49. The summed E-state index contributed by atoms with van der Waals surface area (Å²) in [7, 11) is 0. The minimum absolute atomic E-state index is 0.219. The monoisotopic (exact) mass is 258 g/mol. The molecule has 4 nitrogen and oxygen atoms in total. The zero-order valence-corrected chi connectivity index (χ0v) is 12.4. The van der Waals surface area contributed by atoms with Gasteiger partial charge in [-0.15, -0.1) is 0 Å². The van der Waals surface area contributed by atoms with Crippen LogP contribution in [0.5, 0.6) is 0 Å². The molecule has 0 saturated heterocycles. The smallest absolute Gasteiger partial charge is 0.320 e. The van der Waals surface area contributed by atoms with Crippen molar-refractivity contribution in [3.63, 3.8) is 0 Å². The van der Waals surface area contributed by atoms with Gasteiger partial charge in [0.15, 0.2) is 5.92 Å². The molecule has 0 heterocycles. The van der Waals surface area contributed by atoms with Crippen LogP contribution >= 0.6 is 0 Å². The highest BCUT2D eigenvalue weighted by molar-refractivity contribution is 5.95. The number of hydrogen-bond acceptors (Lipinski definition) is 4. The standard InChI is InChI=1S/C14H26O4/c1-7-11(6)8-12(13(15)17-9(2)3)14(16)18-10(4)5/h9-12H,7-8H2,1-6H3. The molecule has 0 radical (unpaired) electrons. The average molecular weight is 258 g/mol. The maximum absolute atomic E-state index is 11.9. The molecule has 0 fully saturated rings. The van der Waals surface area contributed by atoms with Gasteiger partial charge in [-0.25, -0.2) is 0 Å². The summed E-state index contributed by atoms with van der Waals surface area (Å²) in [6, 6.07) is 0. The fourth-order valence-corrected chi connectivity index (χ4v) is 1.49. The molecule has 106 valence electrons. The van der Waals surface area contributed by atoms with Crippen LogP contribution in [0.25, 0.3) is 0 Å². The summed E-state index contributed by atoms with van der Waals surface area (Å²) < 4.78 is 10.2. The van der Waals surface area contributed by atoms with Crippen LogP contribution in [0.1, 0.15) is 54.4 Å². The van der Waals surface area contributed by atoms with Crippen molar-refractivity contribution in [2.75, 3.05) is 0 Å². The first-order valence-electron chi connectivity index (χ1n) is 6.68. The van der Waals surface area contributed by atoms with E-state index in [0.29, 0.717) is 6.42 Å². The van der Waals surface area contributed by atoms with Crippen LogP contribution in [0.2, 0.25) is 0 Å². The van der Waals surface area contributed by atoms with Gasteiger partial charge in [0.2, 0.25) is 0 Å². The molecule has 0 aromatic carbocycles. The molecule has 0 aliphatic carbocycles. The summed E-state index contributed by atoms with van der Waals surface area (Å²) in [6.45, 7) is 11.1. The van der Waals surface area contributed by atoms with Crippen molar-refractivity contribution in [2.24, 2.45) is 11.8 Å². The second-order valence-corrected chi connectivity index (χ2v) is 5.27. The van der Waals surface area contributed by atoms with Crippen LogP contribution in [0.3, 0.4) is 0 Å². The topological polar surface area (TPSA) is 52.6 Å². The lowest BCUT2D eigenvalue weighted by Gasteiger charge is -2.20. The Morgan fingerprint density at radius 3 is 1.56 bits per heavy atom. The van der Waals surface area contributed by atoms with E-state index in [1.165, 1.54) is 0 Å². The summed E-state index contributed by atoms with van der Waals surface area (Å²) in [6.07, 6.45) is 0.959. The van der Waals surface area contributed by atoms with Gasteiger partial charge in [0.1, 0.15) is 0 Å². The minimum Gasteiger partial charge on any atom is -0.462 e. The Kier molecular flexibility index (Phi) is 7.64. The molecule has 0 aromatic heterocycles. The van der Waals surface area contributed by atoms with Crippen LogP contribution in [-0.2, 0) is 19.1 Å². The molecule has 0 saturated carbocycles. The first-order valence-corrected chi connectivity index (χ1v) is 6.68. The van der Waals surface area contributed by atoms with E-state index in [1.807, 2.05) is 13.8 Å². The van der Waals surface area contributed by atoms with Gasteiger partial charge < -0.3 is 9.47 Å². The molecule has 1 atom stereocenters. The summed E-state index contributed by atoms with van der Waals surface area (Å²) in [5, 5.41) is 0. The van der Waals surface area contributed by atoms with Crippen molar-refractivity contribution in [1.82, 2.24) is 0 Å². The van der Waals surface area contributed by atoms with Crippen molar-refractivity contribution in [2.45, 2.75) is 66.6 Å². The first-order chi connectivity index (χ1) is 8.27. The van der Waals surface area contributed by atoms with Gasteiger partial charge in [0, 0.05) is 0 Å². The fraction of sp³-hybridized carbons (Fsp3) is 0.857. The molecule has 0 spiro atoms. The number of rotatable bonds is 7. The normalized spacial score (nSPS) is 12.9. The lowest BCUT2D eigenvalue weighted by Crippen LogP contribution is -2.32. The Balaban J connectivity index is 4.70. The predicted octanol–water partition coefficient (Wildman–Crippen LogP) is 2.94. The second kappa shape index (κ2) is 8.11. The highest BCUT2D eigenvalue weighted by atomic mass is 16.6. The van der Waals surface area contributed by atoms with E-state index in [4.69, 9.17) is 9.47 Å². The molecule has 0 N–H and O–H groups in total. The minimum atomic E-state index is -0.801. The molecular weight excluding hydrogens is 232 g/mol. The molecule has 1 unspecified atom stereocenters. The largest absolute Gasteiger partial charge is 0.462 e. The number of esters is 2. The molecule has 0 rings (SSSR count). The van der Waals surface area contributed by atoms with Crippen LogP contribution in [0.4, 0.5) is 0 Å². The van der Waals surface area contributed by atoms with Gasteiger partial charge in [-0.05, 0) is 40.0 Å². The van der Waals surface area contributed by atoms with E-state index in [0.717, 1.165) is 6.42 Å². The van der Waals surface area contributed by atoms with Gasteiger partial charge in [0.25, 0.3) is 0 Å². The molecule has 0 aliphatic rings.